The lowest BCUT2D eigenvalue weighted by atomic mass is 9.78. The van der Waals surface area contributed by atoms with Crippen molar-refractivity contribution in [2.75, 3.05) is 0 Å². The first-order valence-corrected chi connectivity index (χ1v) is 6.68. The van der Waals surface area contributed by atoms with Crippen LogP contribution in [0.5, 0.6) is 0 Å². The van der Waals surface area contributed by atoms with Gasteiger partial charge >= 0.3 is 0 Å². The molecule has 0 aliphatic heterocycles. The smallest absolute Gasteiger partial charge is 0.184 e. The van der Waals surface area contributed by atoms with E-state index in [1.807, 2.05) is 19.1 Å². The maximum Gasteiger partial charge on any atom is 0.184 e. The van der Waals surface area contributed by atoms with E-state index in [9.17, 15) is 4.79 Å². The number of ketones is 1. The molecule has 0 bridgehead atoms. The maximum atomic E-state index is 12.4. The van der Waals surface area contributed by atoms with Crippen LogP contribution in [0.3, 0.4) is 0 Å². The summed E-state index contributed by atoms with van der Waals surface area (Å²) in [5.74, 6) is 1.31. The van der Waals surface area contributed by atoms with E-state index >= 15 is 0 Å². The molecule has 1 fully saturated rings. The second kappa shape index (κ2) is 5.44. The molecular weight excluding hydrogens is 210 g/mol. The Morgan fingerprint density at radius 3 is 2.65 bits per heavy atom. The number of hydrogen-bond donors (Lipinski definition) is 0. The number of hydrogen-bond acceptors (Lipinski definition) is 2. The molecule has 0 amide bonds. The van der Waals surface area contributed by atoms with E-state index in [0.717, 1.165) is 24.3 Å². The van der Waals surface area contributed by atoms with E-state index in [4.69, 9.17) is 0 Å². The largest absolute Gasteiger partial charge is 0.292 e. The van der Waals surface area contributed by atoms with Crippen molar-refractivity contribution in [3.8, 4) is 0 Å². The van der Waals surface area contributed by atoms with Crippen LogP contribution in [-0.2, 0) is 0 Å². The van der Waals surface area contributed by atoms with Gasteiger partial charge in [-0.25, -0.2) is 0 Å². The lowest BCUT2D eigenvalue weighted by Gasteiger charge is -2.26. The molecule has 17 heavy (non-hydrogen) atoms. The topological polar surface area (TPSA) is 30.0 Å². The Morgan fingerprint density at radius 1 is 1.35 bits per heavy atom. The number of nitrogens with zero attached hydrogens (tertiary/aromatic N) is 1. The number of Topliss-reactive ketones (excluding diaryl/α,β-unsaturated/α-hetero) is 1. The average Bonchev–Trinajstić information content (AvgIpc) is 2.39. The highest BCUT2D eigenvalue weighted by atomic mass is 16.1. The third-order valence-electron chi connectivity index (χ3n) is 4.04. The van der Waals surface area contributed by atoms with Crippen molar-refractivity contribution in [3.63, 3.8) is 0 Å². The third-order valence-corrected chi connectivity index (χ3v) is 4.04. The molecule has 0 radical (unpaired) electrons. The Morgan fingerprint density at radius 2 is 2.06 bits per heavy atom. The number of aryl methyl sites for hydroxylation is 1. The monoisotopic (exact) mass is 231 g/mol. The molecule has 92 valence electrons. The molecule has 2 rings (SSSR count). The zero-order valence-electron chi connectivity index (χ0n) is 10.8. The molecule has 2 nitrogen and oxygen atoms in total. The van der Waals surface area contributed by atoms with Crippen LogP contribution in [0.25, 0.3) is 0 Å². The highest BCUT2D eigenvalue weighted by Gasteiger charge is 2.27. The summed E-state index contributed by atoms with van der Waals surface area (Å²) in [6.07, 6.45) is 7.49. The Bertz CT molecular complexity index is 392. The lowest BCUT2D eigenvalue weighted by Crippen LogP contribution is -2.23. The Balaban J connectivity index is 2.04. The normalized spacial score (nSPS) is 24.6. The van der Waals surface area contributed by atoms with Gasteiger partial charge in [0.05, 0.1) is 0 Å². The summed E-state index contributed by atoms with van der Waals surface area (Å²) < 4.78 is 0. The minimum atomic E-state index is 0.214. The van der Waals surface area contributed by atoms with E-state index in [-0.39, 0.29) is 11.7 Å². The van der Waals surface area contributed by atoms with Gasteiger partial charge in [0.2, 0.25) is 0 Å². The molecule has 1 aromatic heterocycles. The van der Waals surface area contributed by atoms with Crippen molar-refractivity contribution >= 4 is 5.78 Å². The van der Waals surface area contributed by atoms with E-state index in [2.05, 4.69) is 11.9 Å². The van der Waals surface area contributed by atoms with E-state index < -0.39 is 0 Å². The van der Waals surface area contributed by atoms with Gasteiger partial charge in [0.25, 0.3) is 0 Å². The highest BCUT2D eigenvalue weighted by molar-refractivity contribution is 5.97. The van der Waals surface area contributed by atoms with Gasteiger partial charge in [-0.1, -0.05) is 19.4 Å². The zero-order chi connectivity index (χ0) is 12.3. The van der Waals surface area contributed by atoms with Crippen LogP contribution in [-0.4, -0.2) is 10.8 Å². The molecule has 1 aliphatic carbocycles. The first-order valence-electron chi connectivity index (χ1n) is 6.68. The van der Waals surface area contributed by atoms with Gasteiger partial charge in [-0.05, 0) is 50.2 Å². The number of carbonyl (C=O) groups is 1. The summed E-state index contributed by atoms with van der Waals surface area (Å²) in [4.78, 5) is 16.6. The molecule has 1 saturated carbocycles. The van der Waals surface area contributed by atoms with Gasteiger partial charge in [-0.15, -0.1) is 0 Å². The van der Waals surface area contributed by atoms with Gasteiger partial charge in [0.15, 0.2) is 5.78 Å². The van der Waals surface area contributed by atoms with Crippen LogP contribution < -0.4 is 0 Å². The summed E-state index contributed by atoms with van der Waals surface area (Å²) in [5.41, 5.74) is 1.70. The number of carbonyl (C=O) groups excluding carboxylic acids is 1. The summed E-state index contributed by atoms with van der Waals surface area (Å²) in [7, 11) is 0. The molecule has 0 N–H and O–H groups in total. The van der Waals surface area contributed by atoms with Crippen LogP contribution in [0, 0.1) is 18.8 Å². The quantitative estimate of drug-likeness (QED) is 0.741. The van der Waals surface area contributed by atoms with E-state index in [0.29, 0.717) is 5.69 Å². The van der Waals surface area contributed by atoms with Crippen LogP contribution in [0.1, 0.15) is 55.1 Å². The summed E-state index contributed by atoms with van der Waals surface area (Å²) in [6, 6.07) is 3.86. The van der Waals surface area contributed by atoms with Crippen LogP contribution in [0.2, 0.25) is 0 Å². The fourth-order valence-electron chi connectivity index (χ4n) is 2.77. The Hall–Kier alpha value is -1.18. The average molecular weight is 231 g/mol. The predicted octanol–water partition coefficient (Wildman–Crippen LogP) is 3.79. The molecule has 0 spiro atoms. The lowest BCUT2D eigenvalue weighted by molar-refractivity contribution is 0.0865. The van der Waals surface area contributed by atoms with Crippen molar-refractivity contribution in [2.45, 2.75) is 46.0 Å². The van der Waals surface area contributed by atoms with Gasteiger partial charge in [0.1, 0.15) is 5.69 Å². The fourth-order valence-corrected chi connectivity index (χ4v) is 2.77. The van der Waals surface area contributed by atoms with E-state index in [1.54, 1.807) is 6.20 Å². The Kier molecular flexibility index (Phi) is 3.93. The van der Waals surface area contributed by atoms with Crippen molar-refractivity contribution in [1.82, 2.24) is 4.98 Å². The van der Waals surface area contributed by atoms with Crippen molar-refractivity contribution in [1.29, 1.82) is 0 Å². The molecular formula is C15H21NO. The van der Waals surface area contributed by atoms with Crippen LogP contribution in [0.4, 0.5) is 0 Å². The minimum absolute atomic E-state index is 0.214. The second-order valence-electron chi connectivity index (χ2n) is 5.16. The first-order chi connectivity index (χ1) is 8.22. The third kappa shape index (κ3) is 2.74. The van der Waals surface area contributed by atoms with Gasteiger partial charge in [-0.3, -0.25) is 9.78 Å². The molecule has 1 heterocycles. The molecule has 0 unspecified atom stereocenters. The van der Waals surface area contributed by atoms with Crippen LogP contribution in [0.15, 0.2) is 18.3 Å². The highest BCUT2D eigenvalue weighted by Crippen LogP contribution is 2.32. The van der Waals surface area contributed by atoms with Gasteiger partial charge < -0.3 is 0 Å². The standard InChI is InChI=1S/C15H21NO/c1-3-12-6-8-13(9-7-12)15(17)14-11(2)5-4-10-16-14/h4-5,10,12-13H,3,6-9H2,1-2H3. The predicted molar refractivity (Wildman–Crippen MR) is 69.0 cm³/mol. The SMILES string of the molecule is CCC1CCC(C(=O)c2ncccc2C)CC1. The van der Waals surface area contributed by atoms with Gasteiger partial charge in [-0.2, -0.15) is 0 Å². The Labute approximate surface area is 103 Å². The molecule has 0 saturated heterocycles. The van der Waals surface area contributed by atoms with Crippen molar-refractivity contribution in [3.05, 3.63) is 29.6 Å². The molecule has 0 atom stereocenters. The van der Waals surface area contributed by atoms with Crippen LogP contribution >= 0.6 is 0 Å². The summed E-state index contributed by atoms with van der Waals surface area (Å²) >= 11 is 0. The number of rotatable bonds is 3. The van der Waals surface area contributed by atoms with Crippen molar-refractivity contribution < 1.29 is 4.79 Å². The van der Waals surface area contributed by atoms with Crippen molar-refractivity contribution in [2.24, 2.45) is 11.8 Å². The fraction of sp³-hybridized carbons (Fsp3) is 0.600. The molecule has 1 aromatic rings. The molecule has 1 aliphatic rings. The number of pyridine rings is 1. The van der Waals surface area contributed by atoms with E-state index in [1.165, 1.54) is 19.3 Å². The number of aromatic nitrogens is 1. The summed E-state index contributed by atoms with van der Waals surface area (Å²) in [5, 5.41) is 0. The van der Waals surface area contributed by atoms with Gasteiger partial charge in [0, 0.05) is 12.1 Å². The second-order valence-corrected chi connectivity index (χ2v) is 5.16. The maximum absolute atomic E-state index is 12.4. The minimum Gasteiger partial charge on any atom is -0.292 e. The zero-order valence-corrected chi connectivity index (χ0v) is 10.8. The molecule has 0 aromatic carbocycles. The first kappa shape index (κ1) is 12.3. The summed E-state index contributed by atoms with van der Waals surface area (Å²) in [6.45, 7) is 4.22. The molecule has 2 heteroatoms.